The van der Waals surface area contributed by atoms with Gasteiger partial charge in [-0.1, -0.05) is 23.7 Å². The third kappa shape index (κ3) is 4.31. The average molecular weight is 444 g/mol. The van der Waals surface area contributed by atoms with E-state index in [0.717, 1.165) is 11.6 Å². The Bertz CT molecular complexity index is 1150. The van der Waals surface area contributed by atoms with Crippen molar-refractivity contribution in [2.24, 2.45) is 0 Å². The average Bonchev–Trinajstić information content (AvgIpc) is 3.21. The normalized spacial score (nSPS) is 14.9. The number of anilines is 1. The van der Waals surface area contributed by atoms with Crippen molar-refractivity contribution in [1.29, 1.82) is 0 Å². The van der Waals surface area contributed by atoms with Crippen LogP contribution in [0.1, 0.15) is 28.4 Å². The van der Waals surface area contributed by atoms with Crippen LogP contribution in [0.4, 0.5) is 15.0 Å². The molecule has 160 valence electrons. The number of urea groups is 1. The van der Waals surface area contributed by atoms with Crippen LogP contribution in [-0.2, 0) is 0 Å². The van der Waals surface area contributed by atoms with Crippen LogP contribution < -0.4 is 20.7 Å². The van der Waals surface area contributed by atoms with Gasteiger partial charge in [-0.2, -0.15) is 0 Å². The Labute approximate surface area is 182 Å². The number of carbonyl (C=O) groups excluding carboxylic acids is 2. The standard InChI is InChI=1S/C21H19ClFN5O3/c1-24-20(29)12-5-6-17(15(23)11-12)28-9-7-18(27-28)26-21(30)25-16-8-10-31-19-13(16)3-2-4-14(19)22/h2-7,9,11,16H,8,10H2,1H3,(H,24,29)(H2,25,26,27,30)/t16-/m0/s1. The summed E-state index contributed by atoms with van der Waals surface area (Å²) in [7, 11) is 1.47. The number of hydrogen-bond acceptors (Lipinski definition) is 4. The maximum absolute atomic E-state index is 14.4. The van der Waals surface area contributed by atoms with E-state index in [0.29, 0.717) is 23.8 Å². The molecule has 3 N–H and O–H groups in total. The van der Waals surface area contributed by atoms with Gasteiger partial charge in [0.05, 0.1) is 17.7 Å². The van der Waals surface area contributed by atoms with Gasteiger partial charge < -0.3 is 15.4 Å². The molecule has 10 heteroatoms. The monoisotopic (exact) mass is 443 g/mol. The molecule has 0 unspecified atom stereocenters. The molecule has 4 rings (SSSR count). The highest BCUT2D eigenvalue weighted by Crippen LogP contribution is 2.37. The number of aromatic nitrogens is 2. The Morgan fingerprint density at radius 2 is 2.10 bits per heavy atom. The first-order chi connectivity index (χ1) is 15.0. The van der Waals surface area contributed by atoms with Crippen LogP contribution in [0.5, 0.6) is 5.75 Å². The molecule has 1 aliphatic rings. The van der Waals surface area contributed by atoms with Crippen molar-refractivity contribution >= 4 is 29.4 Å². The maximum Gasteiger partial charge on any atom is 0.320 e. The number of para-hydroxylation sites is 1. The molecule has 0 saturated carbocycles. The summed E-state index contributed by atoms with van der Waals surface area (Å²) in [5.74, 6) is -0.192. The van der Waals surface area contributed by atoms with Gasteiger partial charge >= 0.3 is 6.03 Å². The number of halogens is 2. The van der Waals surface area contributed by atoms with Crippen LogP contribution in [0.3, 0.4) is 0 Å². The van der Waals surface area contributed by atoms with E-state index in [9.17, 15) is 14.0 Å². The highest BCUT2D eigenvalue weighted by molar-refractivity contribution is 6.32. The number of nitrogens with zero attached hydrogens (tertiary/aromatic N) is 2. The van der Waals surface area contributed by atoms with E-state index in [1.54, 1.807) is 18.2 Å². The lowest BCUT2D eigenvalue weighted by molar-refractivity contribution is 0.0962. The molecule has 0 aliphatic carbocycles. The van der Waals surface area contributed by atoms with Crippen LogP contribution in [0.25, 0.3) is 5.69 Å². The van der Waals surface area contributed by atoms with E-state index in [1.807, 2.05) is 6.07 Å². The summed E-state index contributed by atoms with van der Waals surface area (Å²) in [6.07, 6.45) is 2.11. The Balaban J connectivity index is 1.45. The van der Waals surface area contributed by atoms with Crippen LogP contribution >= 0.6 is 11.6 Å². The van der Waals surface area contributed by atoms with E-state index in [2.05, 4.69) is 21.0 Å². The molecular formula is C21H19ClFN5O3. The van der Waals surface area contributed by atoms with Crippen LogP contribution in [0.2, 0.25) is 5.02 Å². The molecule has 1 atom stereocenters. The number of benzene rings is 2. The number of hydrogen-bond donors (Lipinski definition) is 3. The number of ether oxygens (including phenoxy) is 1. The van der Waals surface area contributed by atoms with Crippen molar-refractivity contribution in [3.63, 3.8) is 0 Å². The van der Waals surface area contributed by atoms with Gasteiger partial charge in [0.1, 0.15) is 17.3 Å². The summed E-state index contributed by atoms with van der Waals surface area (Å²) < 4.78 is 21.3. The Morgan fingerprint density at radius 3 is 2.87 bits per heavy atom. The number of amides is 3. The molecule has 0 spiro atoms. The van der Waals surface area contributed by atoms with Gasteiger partial charge in [0.15, 0.2) is 5.82 Å². The fraction of sp³-hybridized carbons (Fsp3) is 0.190. The van der Waals surface area contributed by atoms with Crippen molar-refractivity contribution < 1.29 is 18.7 Å². The lowest BCUT2D eigenvalue weighted by Crippen LogP contribution is -2.35. The zero-order valence-electron chi connectivity index (χ0n) is 16.5. The van der Waals surface area contributed by atoms with Crippen molar-refractivity contribution in [2.75, 3.05) is 19.0 Å². The fourth-order valence-corrected chi connectivity index (χ4v) is 3.59. The third-order valence-corrected chi connectivity index (χ3v) is 5.14. The van der Waals surface area contributed by atoms with E-state index in [4.69, 9.17) is 16.3 Å². The zero-order chi connectivity index (χ0) is 22.0. The predicted octanol–water partition coefficient (Wildman–Crippen LogP) is 3.67. The smallest absolute Gasteiger partial charge is 0.320 e. The van der Waals surface area contributed by atoms with Crippen molar-refractivity contribution in [3.8, 4) is 11.4 Å². The lowest BCUT2D eigenvalue weighted by atomic mass is 10.0. The molecule has 31 heavy (non-hydrogen) atoms. The van der Waals surface area contributed by atoms with Gasteiger partial charge in [0.25, 0.3) is 5.91 Å². The highest BCUT2D eigenvalue weighted by Gasteiger charge is 2.25. The molecule has 2 heterocycles. The van der Waals surface area contributed by atoms with Gasteiger partial charge in [-0.3, -0.25) is 10.1 Å². The molecular weight excluding hydrogens is 425 g/mol. The largest absolute Gasteiger partial charge is 0.492 e. The fourth-order valence-electron chi connectivity index (χ4n) is 3.35. The number of rotatable bonds is 4. The van der Waals surface area contributed by atoms with Gasteiger partial charge in [-0.05, 0) is 24.3 Å². The van der Waals surface area contributed by atoms with Crippen molar-refractivity contribution in [2.45, 2.75) is 12.5 Å². The van der Waals surface area contributed by atoms with E-state index >= 15 is 0 Å². The second-order valence-corrected chi connectivity index (χ2v) is 7.24. The molecule has 0 fully saturated rings. The number of nitrogens with one attached hydrogen (secondary N) is 3. The van der Waals surface area contributed by atoms with Gasteiger partial charge in [0.2, 0.25) is 0 Å². The van der Waals surface area contributed by atoms with E-state index in [-0.39, 0.29) is 29.0 Å². The van der Waals surface area contributed by atoms with Crippen LogP contribution in [-0.4, -0.2) is 35.4 Å². The molecule has 1 aliphatic heterocycles. The quantitative estimate of drug-likeness (QED) is 0.573. The minimum atomic E-state index is -0.615. The highest BCUT2D eigenvalue weighted by atomic mass is 35.5. The zero-order valence-corrected chi connectivity index (χ0v) is 17.2. The number of fused-ring (bicyclic) bond motifs is 1. The maximum atomic E-state index is 14.4. The van der Waals surface area contributed by atoms with E-state index < -0.39 is 11.8 Å². The molecule has 3 aromatic rings. The van der Waals surface area contributed by atoms with Crippen molar-refractivity contribution in [1.82, 2.24) is 20.4 Å². The SMILES string of the molecule is CNC(=O)c1ccc(-n2ccc(NC(=O)N[C@H]3CCOc4c(Cl)cccc43)n2)c(F)c1. The third-order valence-electron chi connectivity index (χ3n) is 4.85. The lowest BCUT2D eigenvalue weighted by Gasteiger charge is -2.27. The minimum absolute atomic E-state index is 0.147. The Kier molecular flexibility index (Phi) is 5.77. The molecule has 8 nitrogen and oxygen atoms in total. The second-order valence-electron chi connectivity index (χ2n) is 6.84. The van der Waals surface area contributed by atoms with Crippen LogP contribution in [0, 0.1) is 5.82 Å². The van der Waals surface area contributed by atoms with E-state index in [1.165, 1.54) is 30.1 Å². The summed E-state index contributed by atoms with van der Waals surface area (Å²) in [4.78, 5) is 24.1. The van der Waals surface area contributed by atoms with Gasteiger partial charge in [-0.15, -0.1) is 5.10 Å². The minimum Gasteiger partial charge on any atom is -0.492 e. The molecule has 2 aromatic carbocycles. The van der Waals surface area contributed by atoms with Crippen LogP contribution in [0.15, 0.2) is 48.7 Å². The van der Waals surface area contributed by atoms with Gasteiger partial charge in [-0.25, -0.2) is 13.9 Å². The molecule has 3 amide bonds. The molecule has 1 aromatic heterocycles. The second kappa shape index (κ2) is 8.65. The first-order valence-corrected chi connectivity index (χ1v) is 9.90. The number of carbonyl (C=O) groups is 2. The topological polar surface area (TPSA) is 97.3 Å². The first kappa shape index (κ1) is 20.7. The predicted molar refractivity (Wildman–Crippen MR) is 113 cm³/mol. The van der Waals surface area contributed by atoms with Crippen molar-refractivity contribution in [3.05, 3.63) is 70.6 Å². The van der Waals surface area contributed by atoms with Gasteiger partial charge in [0, 0.05) is 36.9 Å². The molecule has 0 radical (unpaired) electrons. The summed E-state index contributed by atoms with van der Waals surface area (Å²) in [6.45, 7) is 0.432. The first-order valence-electron chi connectivity index (χ1n) is 9.52. The molecule has 0 saturated heterocycles. The summed E-state index contributed by atoms with van der Waals surface area (Å²) in [5, 5.41) is 12.6. The Morgan fingerprint density at radius 1 is 1.26 bits per heavy atom. The summed E-state index contributed by atoms with van der Waals surface area (Å²) in [5.41, 5.74) is 1.15. The Hall–Kier alpha value is -3.59. The molecule has 0 bridgehead atoms. The summed E-state index contributed by atoms with van der Waals surface area (Å²) >= 11 is 6.16. The summed E-state index contributed by atoms with van der Waals surface area (Å²) in [6, 6.07) is 10.3.